The molecule has 6 heteroatoms. The highest BCUT2D eigenvalue weighted by Gasteiger charge is 2.43. The van der Waals surface area contributed by atoms with Crippen LogP contribution in [0.5, 0.6) is 0 Å². The molecular formula is C19H17F4NO. The second-order valence-electron chi connectivity index (χ2n) is 6.37. The second kappa shape index (κ2) is 6.59. The number of carbonyl (C=O) groups is 1. The number of piperidine rings is 1. The fourth-order valence-corrected chi connectivity index (χ4v) is 3.51. The van der Waals surface area contributed by atoms with E-state index in [1.165, 1.54) is 12.1 Å². The zero-order valence-corrected chi connectivity index (χ0v) is 13.7. The van der Waals surface area contributed by atoms with Gasteiger partial charge in [0.15, 0.2) is 0 Å². The van der Waals surface area contributed by atoms with E-state index in [2.05, 4.69) is 5.32 Å². The summed E-state index contributed by atoms with van der Waals surface area (Å²) in [6.07, 6.45) is 0. The van der Waals surface area contributed by atoms with Crippen LogP contribution in [-0.2, 0) is 4.79 Å². The van der Waals surface area contributed by atoms with Gasteiger partial charge >= 0.3 is 0 Å². The fraction of sp³-hybridized carbons (Fsp3) is 0.316. The Bertz CT molecular complexity index is 717. The molecule has 0 amide bonds. The Labute approximate surface area is 142 Å². The van der Waals surface area contributed by atoms with Gasteiger partial charge in [0.2, 0.25) is 0 Å². The van der Waals surface area contributed by atoms with E-state index < -0.39 is 47.2 Å². The maximum atomic E-state index is 14.2. The first kappa shape index (κ1) is 17.6. The van der Waals surface area contributed by atoms with Gasteiger partial charge in [-0.25, -0.2) is 17.6 Å². The Morgan fingerprint density at radius 3 is 1.36 bits per heavy atom. The van der Waals surface area contributed by atoms with Crippen molar-refractivity contribution in [3.05, 3.63) is 70.8 Å². The fourth-order valence-electron chi connectivity index (χ4n) is 3.51. The Morgan fingerprint density at radius 1 is 0.720 bits per heavy atom. The average molecular weight is 351 g/mol. The molecule has 132 valence electrons. The summed E-state index contributed by atoms with van der Waals surface area (Å²) in [6, 6.07) is 4.77. The maximum Gasteiger partial charge on any atom is 0.142 e. The first-order valence-electron chi connectivity index (χ1n) is 8.00. The van der Waals surface area contributed by atoms with E-state index in [0.717, 1.165) is 24.3 Å². The van der Waals surface area contributed by atoms with Crippen molar-refractivity contribution in [3.63, 3.8) is 0 Å². The van der Waals surface area contributed by atoms with Gasteiger partial charge in [-0.15, -0.1) is 0 Å². The van der Waals surface area contributed by atoms with Crippen LogP contribution in [0, 0.1) is 35.1 Å². The van der Waals surface area contributed by atoms with E-state index in [0.29, 0.717) is 0 Å². The number of carbonyl (C=O) groups excluding carboxylic acids is 1. The number of hydrogen-bond donors (Lipinski definition) is 1. The molecule has 2 aromatic carbocycles. The number of halogens is 4. The highest BCUT2D eigenvalue weighted by molar-refractivity contribution is 5.85. The van der Waals surface area contributed by atoms with Crippen molar-refractivity contribution in [1.82, 2.24) is 5.32 Å². The minimum absolute atomic E-state index is 0.294. The van der Waals surface area contributed by atoms with Gasteiger partial charge in [0.25, 0.3) is 0 Å². The van der Waals surface area contributed by atoms with E-state index in [-0.39, 0.29) is 16.9 Å². The molecular weight excluding hydrogens is 334 g/mol. The summed E-state index contributed by atoms with van der Waals surface area (Å²) in [4.78, 5) is 12.6. The lowest BCUT2D eigenvalue weighted by Crippen LogP contribution is -2.47. The Balaban J connectivity index is 2.09. The Hall–Kier alpha value is -2.21. The number of benzene rings is 2. The van der Waals surface area contributed by atoms with E-state index in [1.54, 1.807) is 13.8 Å². The average Bonchev–Trinajstić information content (AvgIpc) is 2.56. The highest BCUT2D eigenvalue weighted by Crippen LogP contribution is 2.40. The predicted octanol–water partition coefficient (Wildman–Crippen LogP) is 4.47. The van der Waals surface area contributed by atoms with Gasteiger partial charge in [-0.05, 0) is 24.3 Å². The topological polar surface area (TPSA) is 29.1 Å². The minimum Gasteiger partial charge on any atom is -0.301 e. The van der Waals surface area contributed by atoms with Crippen LogP contribution in [0.25, 0.3) is 0 Å². The number of rotatable bonds is 2. The maximum absolute atomic E-state index is 14.2. The van der Waals surface area contributed by atoms with E-state index in [9.17, 15) is 22.4 Å². The van der Waals surface area contributed by atoms with Gasteiger partial charge in [0.1, 0.15) is 29.1 Å². The van der Waals surface area contributed by atoms with Gasteiger partial charge in [-0.1, -0.05) is 26.0 Å². The molecule has 2 nitrogen and oxygen atoms in total. The lowest BCUT2D eigenvalue weighted by molar-refractivity contribution is -0.130. The van der Waals surface area contributed by atoms with Crippen molar-refractivity contribution in [2.24, 2.45) is 11.8 Å². The van der Waals surface area contributed by atoms with Crippen LogP contribution in [0.3, 0.4) is 0 Å². The molecule has 0 unspecified atom stereocenters. The molecule has 0 saturated carbocycles. The third kappa shape index (κ3) is 2.95. The quantitative estimate of drug-likeness (QED) is 0.809. The molecule has 3 rings (SSSR count). The molecule has 0 bridgehead atoms. The molecule has 0 aromatic heterocycles. The molecule has 0 spiro atoms. The second-order valence-corrected chi connectivity index (χ2v) is 6.37. The number of nitrogens with one attached hydrogen (secondary N) is 1. The monoisotopic (exact) mass is 351 g/mol. The highest BCUT2D eigenvalue weighted by atomic mass is 19.1. The zero-order valence-electron chi connectivity index (χ0n) is 13.7. The standard InChI is InChI=1S/C19H17F4NO/c1-9-17(15-11(20)5-3-6-12(15)21)24-18(10(2)19(9)25)16-13(22)7-4-8-14(16)23/h3-10,17-18,24H,1-2H3/t9-,10+,17+,18-. The SMILES string of the molecule is C[C@@H]1C(=O)[C@H](C)[C@@H](c2c(F)cccc2F)N[C@H]1c1c(F)cccc1F. The smallest absolute Gasteiger partial charge is 0.142 e. The molecule has 1 heterocycles. The molecule has 25 heavy (non-hydrogen) atoms. The largest absolute Gasteiger partial charge is 0.301 e. The Kier molecular flexibility index (Phi) is 4.64. The molecule has 1 aliphatic rings. The van der Waals surface area contributed by atoms with Crippen LogP contribution in [0.15, 0.2) is 36.4 Å². The van der Waals surface area contributed by atoms with E-state index >= 15 is 0 Å². The molecule has 2 aromatic rings. The van der Waals surface area contributed by atoms with Crippen molar-refractivity contribution in [2.45, 2.75) is 25.9 Å². The van der Waals surface area contributed by atoms with Gasteiger partial charge in [0, 0.05) is 35.0 Å². The molecule has 1 N–H and O–H groups in total. The zero-order chi connectivity index (χ0) is 18.3. The van der Waals surface area contributed by atoms with Crippen LogP contribution >= 0.6 is 0 Å². The van der Waals surface area contributed by atoms with Crippen molar-refractivity contribution >= 4 is 5.78 Å². The lowest BCUT2D eigenvalue weighted by atomic mass is 9.76. The van der Waals surface area contributed by atoms with Crippen molar-refractivity contribution in [1.29, 1.82) is 0 Å². The van der Waals surface area contributed by atoms with Gasteiger partial charge in [-0.2, -0.15) is 0 Å². The van der Waals surface area contributed by atoms with E-state index in [4.69, 9.17) is 0 Å². The molecule has 0 aliphatic carbocycles. The normalized spacial score (nSPS) is 26.7. The summed E-state index contributed by atoms with van der Waals surface area (Å²) in [5.41, 5.74) is -0.589. The van der Waals surface area contributed by atoms with Crippen molar-refractivity contribution in [3.8, 4) is 0 Å². The van der Waals surface area contributed by atoms with Gasteiger partial charge in [-0.3, -0.25) is 4.79 Å². The summed E-state index contributed by atoms with van der Waals surface area (Å²) in [5.74, 6) is -5.02. The van der Waals surface area contributed by atoms with E-state index in [1.807, 2.05) is 0 Å². The van der Waals surface area contributed by atoms with Gasteiger partial charge < -0.3 is 5.32 Å². The molecule has 4 atom stereocenters. The van der Waals surface area contributed by atoms with Crippen LogP contribution < -0.4 is 5.32 Å². The lowest BCUT2D eigenvalue weighted by Gasteiger charge is -2.39. The van der Waals surface area contributed by atoms with Crippen LogP contribution in [0.1, 0.15) is 37.1 Å². The summed E-state index contributed by atoms with van der Waals surface area (Å²) < 4.78 is 56.7. The summed E-state index contributed by atoms with van der Waals surface area (Å²) in [5, 5.41) is 2.90. The molecule has 1 fully saturated rings. The third-order valence-electron chi connectivity index (χ3n) is 4.88. The summed E-state index contributed by atoms with van der Waals surface area (Å²) in [6.45, 7) is 3.10. The predicted molar refractivity (Wildman–Crippen MR) is 84.7 cm³/mol. The number of Topliss-reactive ketones (excluding diaryl/α,β-unsaturated/α-hetero) is 1. The molecule has 0 radical (unpaired) electrons. The van der Waals surface area contributed by atoms with Gasteiger partial charge in [0.05, 0.1) is 0 Å². The van der Waals surface area contributed by atoms with Crippen LogP contribution in [0.2, 0.25) is 0 Å². The third-order valence-corrected chi connectivity index (χ3v) is 4.88. The number of hydrogen-bond acceptors (Lipinski definition) is 2. The Morgan fingerprint density at radius 2 is 1.04 bits per heavy atom. The number of ketones is 1. The molecule has 1 saturated heterocycles. The summed E-state index contributed by atoms with van der Waals surface area (Å²) >= 11 is 0. The minimum atomic E-state index is -1.02. The van der Waals surface area contributed by atoms with Crippen molar-refractivity contribution < 1.29 is 22.4 Å². The summed E-state index contributed by atoms with van der Waals surface area (Å²) in [7, 11) is 0. The first-order valence-corrected chi connectivity index (χ1v) is 8.00. The van der Waals surface area contributed by atoms with Crippen molar-refractivity contribution in [2.75, 3.05) is 0 Å². The first-order chi connectivity index (χ1) is 11.8. The van der Waals surface area contributed by atoms with Crippen LogP contribution in [0.4, 0.5) is 17.6 Å². The molecule has 1 aliphatic heterocycles. The van der Waals surface area contributed by atoms with Crippen LogP contribution in [-0.4, -0.2) is 5.78 Å².